The first-order chi connectivity index (χ1) is 11.4. The summed E-state index contributed by atoms with van der Waals surface area (Å²) in [6, 6.07) is 11.4. The van der Waals surface area contributed by atoms with Gasteiger partial charge in [0.05, 0.1) is 14.2 Å². The second-order valence-corrected chi connectivity index (χ2v) is 5.66. The standard InChI is InChI=1S/C19H20O5/c1-19(2,18(21)23-4)24-16-11-9-13-7-5-6-8-14(13)15(16)10-12-17(20)22-3/h5-12H,1-4H3/b12-10-. The first-order valence-electron chi connectivity index (χ1n) is 7.44. The molecule has 2 aromatic rings. The summed E-state index contributed by atoms with van der Waals surface area (Å²) in [5.74, 6) is -0.482. The average Bonchev–Trinajstić information content (AvgIpc) is 2.59. The third-order valence-corrected chi connectivity index (χ3v) is 3.56. The quantitative estimate of drug-likeness (QED) is 0.622. The summed E-state index contributed by atoms with van der Waals surface area (Å²) in [6.07, 6.45) is 2.94. The summed E-state index contributed by atoms with van der Waals surface area (Å²) in [5, 5.41) is 1.89. The van der Waals surface area contributed by atoms with Crippen molar-refractivity contribution in [2.24, 2.45) is 0 Å². The lowest BCUT2D eigenvalue weighted by Crippen LogP contribution is -2.39. The molecule has 5 nitrogen and oxygen atoms in total. The van der Waals surface area contributed by atoms with E-state index in [0.29, 0.717) is 11.3 Å². The third-order valence-electron chi connectivity index (χ3n) is 3.56. The highest BCUT2D eigenvalue weighted by atomic mass is 16.6. The van der Waals surface area contributed by atoms with Gasteiger partial charge in [0.25, 0.3) is 0 Å². The Morgan fingerprint density at radius 3 is 2.38 bits per heavy atom. The molecule has 0 amide bonds. The zero-order valence-electron chi connectivity index (χ0n) is 14.2. The van der Waals surface area contributed by atoms with Crippen LogP contribution in [0.1, 0.15) is 19.4 Å². The highest BCUT2D eigenvalue weighted by Gasteiger charge is 2.31. The molecule has 5 heteroatoms. The summed E-state index contributed by atoms with van der Waals surface area (Å²) in [6.45, 7) is 3.25. The molecule has 126 valence electrons. The van der Waals surface area contributed by atoms with Gasteiger partial charge in [0.2, 0.25) is 0 Å². The summed E-state index contributed by atoms with van der Waals surface area (Å²) in [5.41, 5.74) is -0.471. The molecule has 0 aliphatic carbocycles. The topological polar surface area (TPSA) is 61.8 Å². The fourth-order valence-electron chi connectivity index (χ4n) is 2.32. The minimum atomic E-state index is -1.16. The fourth-order valence-corrected chi connectivity index (χ4v) is 2.32. The maximum absolute atomic E-state index is 11.9. The number of hydrogen-bond acceptors (Lipinski definition) is 5. The van der Waals surface area contributed by atoms with Crippen molar-refractivity contribution in [3.05, 3.63) is 48.0 Å². The van der Waals surface area contributed by atoms with Crippen molar-refractivity contribution in [1.29, 1.82) is 0 Å². The number of ether oxygens (including phenoxy) is 3. The van der Waals surface area contributed by atoms with Crippen molar-refractivity contribution < 1.29 is 23.8 Å². The molecule has 0 aromatic heterocycles. The van der Waals surface area contributed by atoms with Crippen molar-refractivity contribution in [3.63, 3.8) is 0 Å². The molecule has 0 heterocycles. The van der Waals surface area contributed by atoms with Crippen molar-refractivity contribution in [2.45, 2.75) is 19.4 Å². The molecule has 0 saturated carbocycles. The van der Waals surface area contributed by atoms with Crippen LogP contribution in [0.25, 0.3) is 16.8 Å². The SMILES string of the molecule is COC(=O)/C=C\c1c(OC(C)(C)C(=O)OC)ccc2ccccc12. The molecule has 0 unspecified atom stereocenters. The van der Waals surface area contributed by atoms with Gasteiger partial charge in [-0.1, -0.05) is 30.3 Å². The van der Waals surface area contributed by atoms with E-state index in [1.807, 2.05) is 30.3 Å². The van der Waals surface area contributed by atoms with Gasteiger partial charge in [-0.05, 0) is 36.8 Å². The smallest absolute Gasteiger partial charge is 0.349 e. The van der Waals surface area contributed by atoms with E-state index in [1.165, 1.54) is 20.3 Å². The van der Waals surface area contributed by atoms with E-state index in [1.54, 1.807) is 26.0 Å². The molecule has 0 bridgehead atoms. The van der Waals surface area contributed by atoms with Crippen LogP contribution < -0.4 is 4.74 Å². The van der Waals surface area contributed by atoms with Crippen LogP contribution in [0.5, 0.6) is 5.75 Å². The lowest BCUT2D eigenvalue weighted by atomic mass is 10.0. The molecule has 0 saturated heterocycles. The Morgan fingerprint density at radius 2 is 1.71 bits per heavy atom. The molecule has 2 rings (SSSR count). The van der Waals surface area contributed by atoms with Gasteiger partial charge in [-0.15, -0.1) is 0 Å². The van der Waals surface area contributed by atoms with Crippen LogP contribution >= 0.6 is 0 Å². The first-order valence-corrected chi connectivity index (χ1v) is 7.44. The summed E-state index contributed by atoms with van der Waals surface area (Å²) >= 11 is 0. The number of benzene rings is 2. The number of hydrogen-bond donors (Lipinski definition) is 0. The van der Waals surface area contributed by atoms with Crippen LogP contribution in [0.15, 0.2) is 42.5 Å². The molecule has 0 spiro atoms. The lowest BCUT2D eigenvalue weighted by Gasteiger charge is -2.25. The van der Waals surface area contributed by atoms with Crippen molar-refractivity contribution in [2.75, 3.05) is 14.2 Å². The second-order valence-electron chi connectivity index (χ2n) is 5.66. The van der Waals surface area contributed by atoms with Crippen LogP contribution in [0.2, 0.25) is 0 Å². The molecule has 0 aliphatic rings. The number of fused-ring (bicyclic) bond motifs is 1. The fraction of sp³-hybridized carbons (Fsp3) is 0.263. The zero-order chi connectivity index (χ0) is 17.7. The minimum Gasteiger partial charge on any atom is -0.476 e. The van der Waals surface area contributed by atoms with Crippen molar-refractivity contribution in [3.8, 4) is 5.75 Å². The Hall–Kier alpha value is -2.82. The van der Waals surface area contributed by atoms with Gasteiger partial charge in [-0.25, -0.2) is 9.59 Å². The van der Waals surface area contributed by atoms with E-state index in [2.05, 4.69) is 4.74 Å². The Kier molecular flexibility index (Phi) is 5.24. The Balaban J connectivity index is 2.54. The normalized spacial score (nSPS) is 11.5. The highest BCUT2D eigenvalue weighted by molar-refractivity contribution is 5.97. The van der Waals surface area contributed by atoms with E-state index in [4.69, 9.17) is 9.47 Å². The van der Waals surface area contributed by atoms with Gasteiger partial charge in [0.1, 0.15) is 5.75 Å². The number of carbonyl (C=O) groups excluding carboxylic acids is 2. The maximum Gasteiger partial charge on any atom is 0.349 e. The molecule has 0 radical (unpaired) electrons. The number of rotatable bonds is 5. The number of methoxy groups -OCH3 is 2. The van der Waals surface area contributed by atoms with Gasteiger partial charge in [0, 0.05) is 11.6 Å². The molecule has 24 heavy (non-hydrogen) atoms. The second kappa shape index (κ2) is 7.17. The summed E-state index contributed by atoms with van der Waals surface area (Å²) < 4.78 is 15.3. The Bertz CT molecular complexity index is 789. The van der Waals surface area contributed by atoms with Gasteiger partial charge < -0.3 is 14.2 Å². The number of carbonyl (C=O) groups is 2. The van der Waals surface area contributed by atoms with E-state index >= 15 is 0 Å². The number of esters is 2. The van der Waals surface area contributed by atoms with E-state index in [9.17, 15) is 9.59 Å². The van der Waals surface area contributed by atoms with E-state index in [-0.39, 0.29) is 0 Å². The zero-order valence-corrected chi connectivity index (χ0v) is 14.2. The molecular formula is C19H20O5. The Labute approximate surface area is 140 Å². The molecular weight excluding hydrogens is 308 g/mol. The third kappa shape index (κ3) is 3.74. The van der Waals surface area contributed by atoms with Gasteiger partial charge in [-0.3, -0.25) is 0 Å². The molecule has 2 aromatic carbocycles. The van der Waals surface area contributed by atoms with Crippen molar-refractivity contribution >= 4 is 28.8 Å². The van der Waals surface area contributed by atoms with Gasteiger partial charge >= 0.3 is 11.9 Å². The lowest BCUT2D eigenvalue weighted by molar-refractivity contribution is -0.156. The Morgan fingerprint density at radius 1 is 1.00 bits per heavy atom. The van der Waals surface area contributed by atoms with Crippen LogP contribution in [-0.4, -0.2) is 31.8 Å². The molecule has 0 aliphatic heterocycles. The summed E-state index contributed by atoms with van der Waals surface area (Å²) in [4.78, 5) is 23.3. The maximum atomic E-state index is 11.9. The van der Waals surface area contributed by atoms with Crippen LogP contribution in [0, 0.1) is 0 Å². The van der Waals surface area contributed by atoms with Crippen LogP contribution in [-0.2, 0) is 19.1 Å². The largest absolute Gasteiger partial charge is 0.476 e. The summed E-state index contributed by atoms with van der Waals surface area (Å²) in [7, 11) is 2.62. The van der Waals surface area contributed by atoms with Gasteiger partial charge in [0.15, 0.2) is 5.60 Å². The van der Waals surface area contributed by atoms with Gasteiger partial charge in [-0.2, -0.15) is 0 Å². The van der Waals surface area contributed by atoms with Crippen LogP contribution in [0.3, 0.4) is 0 Å². The van der Waals surface area contributed by atoms with E-state index < -0.39 is 17.5 Å². The van der Waals surface area contributed by atoms with Crippen LogP contribution in [0.4, 0.5) is 0 Å². The predicted molar refractivity (Wildman–Crippen MR) is 91.7 cm³/mol. The first kappa shape index (κ1) is 17.5. The van der Waals surface area contributed by atoms with E-state index in [0.717, 1.165) is 10.8 Å². The van der Waals surface area contributed by atoms with Crippen molar-refractivity contribution in [1.82, 2.24) is 0 Å². The highest BCUT2D eigenvalue weighted by Crippen LogP contribution is 2.32. The molecule has 0 atom stereocenters. The molecule has 0 N–H and O–H groups in total. The monoisotopic (exact) mass is 328 g/mol. The predicted octanol–water partition coefficient (Wildman–Crippen LogP) is 3.36. The minimum absolute atomic E-state index is 0.471. The average molecular weight is 328 g/mol. The molecule has 0 fully saturated rings.